The van der Waals surface area contributed by atoms with Crippen molar-refractivity contribution in [3.05, 3.63) is 68.8 Å². The lowest BCUT2D eigenvalue weighted by molar-refractivity contribution is 0.0942. The summed E-state index contributed by atoms with van der Waals surface area (Å²) in [6.45, 7) is 0.950. The van der Waals surface area contributed by atoms with Crippen LogP contribution in [0.4, 0.5) is 0 Å². The number of benzene rings is 1. The van der Waals surface area contributed by atoms with E-state index >= 15 is 0 Å². The van der Waals surface area contributed by atoms with E-state index < -0.39 is 0 Å². The normalized spacial score (nSPS) is 12.1. The van der Waals surface area contributed by atoms with Crippen molar-refractivity contribution in [2.75, 3.05) is 20.6 Å². The maximum Gasteiger partial charge on any atom is 0.251 e. The number of thiazole rings is 1. The Morgan fingerprint density at radius 2 is 2.19 bits per heavy atom. The molecule has 136 valence electrons. The minimum absolute atomic E-state index is 0.104. The Hall–Kier alpha value is -2.22. The summed E-state index contributed by atoms with van der Waals surface area (Å²) in [4.78, 5) is 20.1. The number of nitrogens with zero attached hydrogens (tertiary/aromatic N) is 2. The number of rotatable bonds is 8. The number of amides is 1. The fourth-order valence-corrected chi connectivity index (χ4v) is 3.97. The highest BCUT2D eigenvalue weighted by atomic mass is 32.1. The van der Waals surface area contributed by atoms with Crippen LogP contribution < -0.4 is 10.1 Å². The third kappa shape index (κ3) is 4.91. The van der Waals surface area contributed by atoms with Crippen LogP contribution in [-0.2, 0) is 6.61 Å². The molecule has 0 aliphatic carbocycles. The fraction of sp³-hybridized carbons (Fsp3) is 0.263. The van der Waals surface area contributed by atoms with Crippen molar-refractivity contribution in [1.29, 1.82) is 0 Å². The maximum atomic E-state index is 12.5. The summed E-state index contributed by atoms with van der Waals surface area (Å²) in [7, 11) is 4.03. The average molecular weight is 388 g/mol. The monoisotopic (exact) mass is 387 g/mol. The second-order valence-corrected chi connectivity index (χ2v) is 7.70. The standard InChI is InChI=1S/C19H21N3O2S2/c1-22(2)17(18-7-4-8-26-18)10-20-19(23)14-5-3-6-16(9-14)24-11-15-12-25-13-21-15/h3-9,12-13,17H,10-11H2,1-2H3,(H,20,23). The first-order valence-electron chi connectivity index (χ1n) is 8.21. The molecule has 1 aromatic carbocycles. The van der Waals surface area contributed by atoms with E-state index in [4.69, 9.17) is 4.74 Å². The van der Waals surface area contributed by atoms with E-state index in [9.17, 15) is 4.79 Å². The SMILES string of the molecule is CN(C)C(CNC(=O)c1cccc(OCc2cscn2)c1)c1cccs1. The highest BCUT2D eigenvalue weighted by Gasteiger charge is 2.17. The fourth-order valence-electron chi connectivity index (χ4n) is 2.50. The Kier molecular flexibility index (Phi) is 6.38. The van der Waals surface area contributed by atoms with E-state index in [1.165, 1.54) is 16.2 Å². The Balaban J connectivity index is 1.59. The molecule has 0 radical (unpaired) electrons. The average Bonchev–Trinajstić information content (AvgIpc) is 3.34. The summed E-state index contributed by atoms with van der Waals surface area (Å²) >= 11 is 3.23. The van der Waals surface area contributed by atoms with Gasteiger partial charge in [0.2, 0.25) is 0 Å². The zero-order valence-corrected chi connectivity index (χ0v) is 16.3. The topological polar surface area (TPSA) is 54.5 Å². The van der Waals surface area contributed by atoms with Gasteiger partial charge in [-0.15, -0.1) is 22.7 Å². The molecule has 3 rings (SSSR count). The molecule has 0 bridgehead atoms. The highest BCUT2D eigenvalue weighted by molar-refractivity contribution is 7.10. The summed E-state index contributed by atoms with van der Waals surface area (Å²) in [6.07, 6.45) is 0. The van der Waals surface area contributed by atoms with Gasteiger partial charge in [-0.25, -0.2) is 4.98 Å². The van der Waals surface area contributed by atoms with Crippen LogP contribution in [0.5, 0.6) is 5.75 Å². The van der Waals surface area contributed by atoms with Crippen LogP contribution in [0.3, 0.4) is 0 Å². The van der Waals surface area contributed by atoms with Crippen molar-refractivity contribution in [2.24, 2.45) is 0 Å². The zero-order valence-electron chi connectivity index (χ0n) is 14.7. The summed E-state index contributed by atoms with van der Waals surface area (Å²) < 4.78 is 5.72. The quantitative estimate of drug-likeness (QED) is 0.638. The van der Waals surface area contributed by atoms with Crippen molar-refractivity contribution in [2.45, 2.75) is 12.6 Å². The van der Waals surface area contributed by atoms with E-state index in [2.05, 4.69) is 26.6 Å². The van der Waals surface area contributed by atoms with Crippen molar-refractivity contribution in [1.82, 2.24) is 15.2 Å². The number of nitrogens with one attached hydrogen (secondary N) is 1. The predicted octanol–water partition coefficient (Wildman–Crippen LogP) is 3.82. The molecule has 1 unspecified atom stereocenters. The Labute approximate surface area is 161 Å². The third-order valence-electron chi connectivity index (χ3n) is 3.92. The van der Waals surface area contributed by atoms with Gasteiger partial charge < -0.3 is 15.0 Å². The van der Waals surface area contributed by atoms with E-state index in [1.54, 1.807) is 29.0 Å². The first-order valence-corrected chi connectivity index (χ1v) is 10.0. The van der Waals surface area contributed by atoms with Gasteiger partial charge in [-0.2, -0.15) is 0 Å². The minimum atomic E-state index is -0.104. The molecule has 0 aliphatic rings. The van der Waals surface area contributed by atoms with E-state index in [1.807, 2.05) is 37.7 Å². The molecule has 3 aromatic rings. The summed E-state index contributed by atoms with van der Waals surface area (Å²) in [5, 5.41) is 7.02. The highest BCUT2D eigenvalue weighted by Crippen LogP contribution is 2.22. The molecule has 1 amide bonds. The van der Waals surface area contributed by atoms with Gasteiger partial charge in [-0.3, -0.25) is 4.79 Å². The number of likely N-dealkylation sites (N-methyl/N-ethyl adjacent to an activating group) is 1. The van der Waals surface area contributed by atoms with Gasteiger partial charge >= 0.3 is 0 Å². The number of carbonyl (C=O) groups is 1. The molecule has 0 fully saturated rings. The summed E-state index contributed by atoms with van der Waals surface area (Å²) in [5.41, 5.74) is 3.25. The number of thiophene rings is 1. The first kappa shape index (κ1) is 18.6. The van der Waals surface area contributed by atoms with Gasteiger partial charge in [0.25, 0.3) is 5.91 Å². The van der Waals surface area contributed by atoms with Gasteiger partial charge in [0.1, 0.15) is 12.4 Å². The van der Waals surface area contributed by atoms with E-state index in [0.29, 0.717) is 24.5 Å². The number of hydrogen-bond donors (Lipinski definition) is 1. The molecule has 5 nitrogen and oxygen atoms in total. The van der Waals surface area contributed by atoms with E-state index in [0.717, 1.165) is 5.69 Å². The first-order chi connectivity index (χ1) is 12.6. The molecular weight excluding hydrogens is 366 g/mol. The van der Waals surface area contributed by atoms with Gasteiger partial charge in [-0.1, -0.05) is 12.1 Å². The lowest BCUT2D eigenvalue weighted by atomic mass is 10.1. The van der Waals surface area contributed by atoms with Crippen LogP contribution >= 0.6 is 22.7 Å². The number of carbonyl (C=O) groups excluding carboxylic acids is 1. The van der Waals surface area contributed by atoms with Crippen LogP contribution in [0.25, 0.3) is 0 Å². The molecular formula is C19H21N3O2S2. The smallest absolute Gasteiger partial charge is 0.251 e. The summed E-state index contributed by atoms with van der Waals surface area (Å²) in [6, 6.07) is 11.5. The Morgan fingerprint density at radius 3 is 2.88 bits per heavy atom. The zero-order chi connectivity index (χ0) is 18.4. The van der Waals surface area contributed by atoms with Gasteiger partial charge in [0.15, 0.2) is 0 Å². The maximum absolute atomic E-state index is 12.5. The van der Waals surface area contributed by atoms with Crippen LogP contribution in [-0.4, -0.2) is 36.4 Å². The largest absolute Gasteiger partial charge is 0.487 e. The molecule has 0 saturated carbocycles. The van der Waals surface area contributed by atoms with Gasteiger partial charge in [0, 0.05) is 22.4 Å². The Bertz CT molecular complexity index is 817. The molecule has 2 heterocycles. The second kappa shape index (κ2) is 8.93. The number of hydrogen-bond acceptors (Lipinski definition) is 6. The van der Waals surface area contributed by atoms with Gasteiger partial charge in [0.05, 0.1) is 17.2 Å². The van der Waals surface area contributed by atoms with Crippen molar-refractivity contribution in [3.63, 3.8) is 0 Å². The van der Waals surface area contributed by atoms with Crippen molar-refractivity contribution < 1.29 is 9.53 Å². The van der Waals surface area contributed by atoms with Crippen molar-refractivity contribution >= 4 is 28.6 Å². The lowest BCUT2D eigenvalue weighted by Crippen LogP contribution is -2.34. The van der Waals surface area contributed by atoms with Crippen LogP contribution in [0.1, 0.15) is 27.0 Å². The Morgan fingerprint density at radius 1 is 1.31 bits per heavy atom. The number of aromatic nitrogens is 1. The molecule has 1 N–H and O–H groups in total. The van der Waals surface area contributed by atoms with Crippen LogP contribution in [0, 0.1) is 0 Å². The molecule has 26 heavy (non-hydrogen) atoms. The van der Waals surface area contributed by atoms with E-state index in [-0.39, 0.29) is 11.9 Å². The molecule has 7 heteroatoms. The van der Waals surface area contributed by atoms with Crippen LogP contribution in [0.2, 0.25) is 0 Å². The molecule has 1 atom stereocenters. The molecule has 0 spiro atoms. The van der Waals surface area contributed by atoms with Crippen molar-refractivity contribution in [3.8, 4) is 5.75 Å². The number of ether oxygens (including phenoxy) is 1. The summed E-state index contributed by atoms with van der Waals surface area (Å²) in [5.74, 6) is 0.556. The molecule has 2 aromatic heterocycles. The molecule has 0 aliphatic heterocycles. The second-order valence-electron chi connectivity index (χ2n) is 6.00. The van der Waals surface area contributed by atoms with Crippen LogP contribution in [0.15, 0.2) is 52.7 Å². The predicted molar refractivity (Wildman–Crippen MR) is 106 cm³/mol. The third-order valence-corrected chi connectivity index (χ3v) is 5.53. The van der Waals surface area contributed by atoms with Gasteiger partial charge in [-0.05, 0) is 43.7 Å². The lowest BCUT2D eigenvalue weighted by Gasteiger charge is -2.23. The molecule has 0 saturated heterocycles. The minimum Gasteiger partial charge on any atom is -0.487 e.